The number of carbonyl (C=O) groups excluding carboxylic acids is 1. The van der Waals surface area contributed by atoms with Crippen molar-refractivity contribution in [2.75, 3.05) is 26.7 Å². The van der Waals surface area contributed by atoms with Crippen LogP contribution in [0.15, 0.2) is 10.4 Å². The van der Waals surface area contributed by atoms with Crippen LogP contribution in [0.4, 0.5) is 0 Å². The van der Waals surface area contributed by atoms with Gasteiger partial charge in [0.1, 0.15) is 0 Å². The lowest BCUT2D eigenvalue weighted by Crippen LogP contribution is -2.46. The van der Waals surface area contributed by atoms with Gasteiger partial charge in [0.15, 0.2) is 5.96 Å². The molecule has 1 saturated heterocycles. The number of piperidine rings is 1. The van der Waals surface area contributed by atoms with Crippen LogP contribution >= 0.6 is 35.3 Å². The van der Waals surface area contributed by atoms with Gasteiger partial charge in [0.05, 0.1) is 29.8 Å². The van der Waals surface area contributed by atoms with Crippen LogP contribution in [0, 0.1) is 5.92 Å². The predicted octanol–water partition coefficient (Wildman–Crippen LogP) is 3.24. The molecule has 1 fully saturated rings. The van der Waals surface area contributed by atoms with Crippen molar-refractivity contribution in [2.24, 2.45) is 10.9 Å². The summed E-state index contributed by atoms with van der Waals surface area (Å²) in [5.41, 5.74) is 1.05. The van der Waals surface area contributed by atoms with E-state index in [4.69, 9.17) is 4.74 Å². The summed E-state index contributed by atoms with van der Waals surface area (Å²) in [6, 6.07) is 0. The third-order valence-electron chi connectivity index (χ3n) is 4.12. The summed E-state index contributed by atoms with van der Waals surface area (Å²) in [6.45, 7) is 8.92. The first-order valence-corrected chi connectivity index (χ1v) is 9.49. The molecule has 0 bridgehead atoms. The molecule has 0 atom stereocenters. The Balaban J connectivity index is 0.00000312. The summed E-state index contributed by atoms with van der Waals surface area (Å²) in [7, 11) is 1.79. The topological polar surface area (TPSA) is 66.8 Å². The Hall–Kier alpha value is -0.900. The number of nitrogens with zero attached hydrogens (tertiary/aromatic N) is 3. The van der Waals surface area contributed by atoms with Crippen molar-refractivity contribution in [3.8, 4) is 0 Å². The van der Waals surface area contributed by atoms with E-state index in [-0.39, 0.29) is 35.9 Å². The van der Waals surface area contributed by atoms with Gasteiger partial charge in [0.2, 0.25) is 0 Å². The highest BCUT2D eigenvalue weighted by Gasteiger charge is 2.27. The number of esters is 1. The van der Waals surface area contributed by atoms with Crippen LogP contribution < -0.4 is 5.32 Å². The maximum absolute atomic E-state index is 11.8. The number of thiazole rings is 1. The first-order valence-electron chi connectivity index (χ1n) is 8.61. The first-order chi connectivity index (χ1) is 11.5. The Morgan fingerprint density at radius 3 is 2.68 bits per heavy atom. The number of carbonyl (C=O) groups is 1. The highest BCUT2D eigenvalue weighted by atomic mass is 127. The van der Waals surface area contributed by atoms with E-state index < -0.39 is 0 Å². The molecule has 8 heteroatoms. The monoisotopic (exact) mass is 480 g/mol. The van der Waals surface area contributed by atoms with E-state index in [0.29, 0.717) is 19.1 Å². The van der Waals surface area contributed by atoms with Crippen LogP contribution in [0.3, 0.4) is 0 Å². The van der Waals surface area contributed by atoms with Gasteiger partial charge in [0, 0.05) is 31.4 Å². The quantitative estimate of drug-likeness (QED) is 0.304. The minimum absolute atomic E-state index is 0. The zero-order chi connectivity index (χ0) is 17.5. The molecule has 1 aromatic heterocycles. The van der Waals surface area contributed by atoms with E-state index in [1.807, 2.05) is 6.92 Å². The SMILES string of the molecule is CCOC(=O)C1CCN(C(=NC)NCc2csc(C(C)C)n2)CC1.I. The second-order valence-electron chi connectivity index (χ2n) is 6.25. The minimum Gasteiger partial charge on any atom is -0.466 e. The molecular weight excluding hydrogens is 451 g/mol. The van der Waals surface area contributed by atoms with Crippen molar-refractivity contribution < 1.29 is 9.53 Å². The van der Waals surface area contributed by atoms with Crippen LogP contribution in [-0.2, 0) is 16.1 Å². The molecule has 1 aromatic rings. The molecule has 1 N–H and O–H groups in total. The molecule has 142 valence electrons. The summed E-state index contributed by atoms with van der Waals surface area (Å²) in [4.78, 5) is 23.0. The number of likely N-dealkylation sites (tertiary alicyclic amines) is 1. The largest absolute Gasteiger partial charge is 0.466 e. The third kappa shape index (κ3) is 6.40. The van der Waals surface area contributed by atoms with Crippen molar-refractivity contribution in [2.45, 2.75) is 46.1 Å². The third-order valence-corrected chi connectivity index (χ3v) is 5.31. The predicted molar refractivity (Wildman–Crippen MR) is 113 cm³/mol. The number of aromatic nitrogens is 1. The van der Waals surface area contributed by atoms with Gasteiger partial charge in [-0.15, -0.1) is 35.3 Å². The number of rotatable bonds is 5. The number of halogens is 1. The molecule has 0 radical (unpaired) electrons. The molecule has 1 aliphatic heterocycles. The highest BCUT2D eigenvalue weighted by Crippen LogP contribution is 2.20. The van der Waals surface area contributed by atoms with Crippen molar-refractivity contribution in [1.29, 1.82) is 0 Å². The van der Waals surface area contributed by atoms with Crippen molar-refractivity contribution >= 4 is 47.2 Å². The average molecular weight is 480 g/mol. The van der Waals surface area contributed by atoms with Crippen LogP contribution in [-0.4, -0.2) is 48.6 Å². The smallest absolute Gasteiger partial charge is 0.309 e. The fourth-order valence-electron chi connectivity index (χ4n) is 2.76. The lowest BCUT2D eigenvalue weighted by Gasteiger charge is -2.33. The summed E-state index contributed by atoms with van der Waals surface area (Å²) >= 11 is 1.70. The maximum atomic E-state index is 11.8. The Labute approximate surface area is 171 Å². The summed E-state index contributed by atoms with van der Waals surface area (Å²) in [6.07, 6.45) is 1.63. The van der Waals surface area contributed by atoms with Gasteiger partial charge in [-0.1, -0.05) is 13.8 Å². The van der Waals surface area contributed by atoms with E-state index in [2.05, 4.69) is 39.4 Å². The van der Waals surface area contributed by atoms with E-state index in [9.17, 15) is 4.79 Å². The van der Waals surface area contributed by atoms with Crippen molar-refractivity contribution in [1.82, 2.24) is 15.2 Å². The fraction of sp³-hybridized carbons (Fsp3) is 0.706. The van der Waals surface area contributed by atoms with Gasteiger partial charge in [-0.3, -0.25) is 9.79 Å². The van der Waals surface area contributed by atoms with Crippen LogP contribution in [0.2, 0.25) is 0 Å². The molecule has 25 heavy (non-hydrogen) atoms. The molecule has 0 spiro atoms. The summed E-state index contributed by atoms with van der Waals surface area (Å²) in [5, 5.41) is 6.64. The molecule has 1 aliphatic rings. The van der Waals surface area contributed by atoms with Crippen LogP contribution in [0.25, 0.3) is 0 Å². The fourth-order valence-corrected chi connectivity index (χ4v) is 3.59. The van der Waals surface area contributed by atoms with Gasteiger partial charge in [-0.2, -0.15) is 0 Å². The molecular formula is C17H29IN4O2S. The number of nitrogens with one attached hydrogen (secondary N) is 1. The van der Waals surface area contributed by atoms with E-state index in [1.165, 1.54) is 0 Å². The Morgan fingerprint density at radius 1 is 1.48 bits per heavy atom. The van der Waals surface area contributed by atoms with Crippen LogP contribution in [0.1, 0.15) is 50.2 Å². The second kappa shape index (κ2) is 10.9. The van der Waals surface area contributed by atoms with Crippen molar-refractivity contribution in [3.63, 3.8) is 0 Å². The van der Waals surface area contributed by atoms with Gasteiger partial charge >= 0.3 is 5.97 Å². The normalized spacial score (nSPS) is 15.9. The molecule has 2 heterocycles. The van der Waals surface area contributed by atoms with Gasteiger partial charge in [0.25, 0.3) is 0 Å². The van der Waals surface area contributed by atoms with E-state index in [1.54, 1.807) is 18.4 Å². The second-order valence-corrected chi connectivity index (χ2v) is 7.14. The average Bonchev–Trinajstić information content (AvgIpc) is 3.05. The highest BCUT2D eigenvalue weighted by molar-refractivity contribution is 14.0. The molecule has 0 saturated carbocycles. The summed E-state index contributed by atoms with van der Waals surface area (Å²) in [5.74, 6) is 1.29. The lowest BCUT2D eigenvalue weighted by molar-refractivity contribution is -0.149. The first kappa shape index (κ1) is 22.1. The number of aliphatic imine (C=N–C) groups is 1. The molecule has 0 aliphatic carbocycles. The molecule has 0 unspecified atom stereocenters. The number of guanidine groups is 1. The minimum atomic E-state index is -0.0659. The van der Waals surface area contributed by atoms with Gasteiger partial charge in [-0.05, 0) is 19.8 Å². The summed E-state index contributed by atoms with van der Waals surface area (Å²) < 4.78 is 5.12. The molecule has 6 nitrogen and oxygen atoms in total. The number of hydrogen-bond acceptors (Lipinski definition) is 5. The van der Waals surface area contributed by atoms with E-state index >= 15 is 0 Å². The van der Waals surface area contributed by atoms with E-state index in [0.717, 1.165) is 42.6 Å². The number of ether oxygens (including phenoxy) is 1. The van der Waals surface area contributed by atoms with Crippen molar-refractivity contribution in [3.05, 3.63) is 16.1 Å². The van der Waals surface area contributed by atoms with Gasteiger partial charge in [-0.25, -0.2) is 4.98 Å². The molecule has 0 aromatic carbocycles. The maximum Gasteiger partial charge on any atom is 0.309 e. The zero-order valence-electron chi connectivity index (χ0n) is 15.4. The number of hydrogen-bond donors (Lipinski definition) is 1. The Bertz CT molecular complexity index is 569. The van der Waals surface area contributed by atoms with Crippen LogP contribution in [0.5, 0.6) is 0 Å². The Kier molecular flexibility index (Phi) is 9.70. The standard InChI is InChI=1S/C17H28N4O2S.HI/c1-5-23-16(22)13-6-8-21(9-7-13)17(18-4)19-10-14-11-24-15(20-14)12(2)3;/h11-13H,5-10H2,1-4H3,(H,18,19);1H. The molecule has 0 amide bonds. The Morgan fingerprint density at radius 2 is 2.16 bits per heavy atom. The lowest BCUT2D eigenvalue weighted by atomic mass is 9.97. The van der Waals surface area contributed by atoms with Gasteiger partial charge < -0.3 is 15.0 Å². The molecule has 2 rings (SSSR count). The zero-order valence-corrected chi connectivity index (χ0v) is 18.6.